The van der Waals surface area contributed by atoms with E-state index in [-0.39, 0.29) is 16.5 Å². The SMILES string of the molecule is N#Cc1ccc(Oc2ccc(Cl)c(Cl)c2)cc1C(F)(F)F. The predicted molar refractivity (Wildman–Crippen MR) is 72.7 cm³/mol. The van der Waals surface area contributed by atoms with Crippen LogP contribution in [-0.4, -0.2) is 0 Å². The van der Waals surface area contributed by atoms with Crippen LogP contribution in [0.15, 0.2) is 36.4 Å². The minimum absolute atomic E-state index is 0.0558. The second kappa shape index (κ2) is 5.84. The van der Waals surface area contributed by atoms with Gasteiger partial charge in [-0.2, -0.15) is 18.4 Å². The normalized spacial score (nSPS) is 11.0. The van der Waals surface area contributed by atoms with Gasteiger partial charge in [-0.3, -0.25) is 0 Å². The van der Waals surface area contributed by atoms with Gasteiger partial charge in [0.25, 0.3) is 0 Å². The number of halogens is 5. The van der Waals surface area contributed by atoms with Gasteiger partial charge in [-0.25, -0.2) is 0 Å². The Hall–Kier alpha value is -1.90. The fraction of sp³-hybridized carbons (Fsp3) is 0.0714. The third-order valence-corrected chi connectivity index (χ3v) is 3.28. The van der Waals surface area contributed by atoms with Gasteiger partial charge in [0, 0.05) is 6.07 Å². The second-order valence-electron chi connectivity index (χ2n) is 3.99. The van der Waals surface area contributed by atoms with Gasteiger partial charge in [0.15, 0.2) is 0 Å². The first-order valence-corrected chi connectivity index (χ1v) is 6.31. The minimum Gasteiger partial charge on any atom is -0.457 e. The number of hydrogen-bond acceptors (Lipinski definition) is 2. The van der Waals surface area contributed by atoms with E-state index in [1.54, 1.807) is 0 Å². The molecule has 0 amide bonds. The Morgan fingerprint density at radius 3 is 2.14 bits per heavy atom. The van der Waals surface area contributed by atoms with E-state index in [0.717, 1.165) is 12.1 Å². The third kappa shape index (κ3) is 3.60. The van der Waals surface area contributed by atoms with Crippen LogP contribution in [0, 0.1) is 11.3 Å². The lowest BCUT2D eigenvalue weighted by atomic mass is 10.1. The highest BCUT2D eigenvalue weighted by Crippen LogP contribution is 2.36. The van der Waals surface area contributed by atoms with Gasteiger partial charge >= 0.3 is 6.18 Å². The number of rotatable bonds is 2. The van der Waals surface area contributed by atoms with Crippen molar-refractivity contribution in [1.29, 1.82) is 5.26 Å². The maximum atomic E-state index is 12.8. The summed E-state index contributed by atoms with van der Waals surface area (Å²) in [4.78, 5) is 0. The Morgan fingerprint density at radius 1 is 0.952 bits per heavy atom. The summed E-state index contributed by atoms with van der Waals surface area (Å²) < 4.78 is 43.8. The molecule has 0 bridgehead atoms. The Morgan fingerprint density at radius 2 is 1.57 bits per heavy atom. The smallest absolute Gasteiger partial charge is 0.417 e. The number of benzene rings is 2. The van der Waals surface area contributed by atoms with Gasteiger partial charge in [0.2, 0.25) is 0 Å². The predicted octanol–water partition coefficient (Wildman–Crippen LogP) is 5.68. The van der Waals surface area contributed by atoms with Gasteiger partial charge in [-0.15, -0.1) is 0 Å². The molecule has 0 fully saturated rings. The molecule has 0 aliphatic heterocycles. The second-order valence-corrected chi connectivity index (χ2v) is 4.81. The van der Waals surface area contributed by atoms with Crippen LogP contribution in [0.1, 0.15) is 11.1 Å². The summed E-state index contributed by atoms with van der Waals surface area (Å²) in [6, 6.07) is 8.91. The molecule has 0 spiro atoms. The Kier molecular flexibility index (Phi) is 4.31. The van der Waals surface area contributed by atoms with Gasteiger partial charge in [0.05, 0.1) is 27.2 Å². The molecule has 0 unspecified atom stereocenters. The van der Waals surface area contributed by atoms with Crippen LogP contribution < -0.4 is 4.74 Å². The molecule has 0 heterocycles. The molecule has 21 heavy (non-hydrogen) atoms. The van der Waals surface area contributed by atoms with Crippen molar-refractivity contribution in [3.8, 4) is 17.6 Å². The van der Waals surface area contributed by atoms with Crippen LogP contribution in [0.2, 0.25) is 10.0 Å². The maximum absolute atomic E-state index is 12.8. The number of ether oxygens (including phenoxy) is 1. The third-order valence-electron chi connectivity index (χ3n) is 2.54. The van der Waals surface area contributed by atoms with Gasteiger partial charge in [-0.1, -0.05) is 23.2 Å². The largest absolute Gasteiger partial charge is 0.457 e. The molecule has 2 aromatic carbocycles. The molecule has 2 rings (SSSR count). The summed E-state index contributed by atoms with van der Waals surface area (Å²) in [6.07, 6.45) is -4.64. The first-order chi connectivity index (χ1) is 9.81. The van der Waals surface area contributed by atoms with Gasteiger partial charge in [0.1, 0.15) is 11.5 Å². The fourth-order valence-corrected chi connectivity index (χ4v) is 1.88. The van der Waals surface area contributed by atoms with Crippen LogP contribution in [0.3, 0.4) is 0 Å². The molecule has 0 radical (unpaired) electrons. The average Bonchev–Trinajstić information content (AvgIpc) is 2.42. The zero-order valence-corrected chi connectivity index (χ0v) is 11.7. The monoisotopic (exact) mass is 331 g/mol. The molecule has 2 nitrogen and oxygen atoms in total. The quantitative estimate of drug-likeness (QED) is 0.709. The van der Waals surface area contributed by atoms with E-state index in [2.05, 4.69) is 0 Å². The molecular formula is C14H6Cl2F3NO. The van der Waals surface area contributed by atoms with Crippen molar-refractivity contribution in [2.75, 3.05) is 0 Å². The highest BCUT2D eigenvalue weighted by Gasteiger charge is 2.34. The first kappa shape index (κ1) is 15.5. The molecule has 0 aromatic heterocycles. The summed E-state index contributed by atoms with van der Waals surface area (Å²) in [7, 11) is 0. The van der Waals surface area contributed by atoms with Gasteiger partial charge in [-0.05, 0) is 30.3 Å². The maximum Gasteiger partial charge on any atom is 0.417 e. The average molecular weight is 332 g/mol. The van der Waals surface area contributed by atoms with E-state index >= 15 is 0 Å². The van der Waals surface area contributed by atoms with Crippen LogP contribution in [0.5, 0.6) is 11.5 Å². The summed E-state index contributed by atoms with van der Waals surface area (Å²) in [5.74, 6) is 0.182. The van der Waals surface area contributed by atoms with Crippen molar-refractivity contribution in [3.05, 3.63) is 57.6 Å². The Labute approximate surface area is 128 Å². The number of nitriles is 1. The molecule has 0 aliphatic rings. The molecule has 0 N–H and O–H groups in total. The molecule has 0 atom stereocenters. The first-order valence-electron chi connectivity index (χ1n) is 5.55. The van der Waals surface area contributed by atoms with E-state index in [0.29, 0.717) is 5.02 Å². The molecule has 7 heteroatoms. The lowest BCUT2D eigenvalue weighted by Gasteiger charge is -2.12. The van der Waals surface area contributed by atoms with Crippen molar-refractivity contribution in [3.63, 3.8) is 0 Å². The molecule has 0 saturated carbocycles. The van der Waals surface area contributed by atoms with Crippen LogP contribution in [0.4, 0.5) is 13.2 Å². The van der Waals surface area contributed by atoms with Crippen molar-refractivity contribution in [2.45, 2.75) is 6.18 Å². The number of hydrogen-bond donors (Lipinski definition) is 0. The zero-order valence-electron chi connectivity index (χ0n) is 10.2. The minimum atomic E-state index is -4.64. The standard InChI is InChI=1S/C14H6Cl2F3NO/c15-12-4-3-10(6-13(12)16)21-9-2-1-8(7-20)11(5-9)14(17,18)19/h1-6H. The molecule has 2 aromatic rings. The van der Waals surface area contributed by atoms with Crippen molar-refractivity contribution in [1.82, 2.24) is 0 Å². The molecule has 0 saturated heterocycles. The van der Waals surface area contributed by atoms with E-state index < -0.39 is 17.3 Å². The van der Waals surface area contributed by atoms with E-state index in [1.807, 2.05) is 0 Å². The van der Waals surface area contributed by atoms with E-state index in [1.165, 1.54) is 30.3 Å². The summed E-state index contributed by atoms with van der Waals surface area (Å²) in [5.41, 5.74) is -1.52. The number of alkyl halides is 3. The highest BCUT2D eigenvalue weighted by molar-refractivity contribution is 6.42. The molecule has 108 valence electrons. The van der Waals surface area contributed by atoms with Crippen LogP contribution in [-0.2, 0) is 6.18 Å². The lowest BCUT2D eigenvalue weighted by Crippen LogP contribution is -2.07. The Balaban J connectivity index is 2.37. The van der Waals surface area contributed by atoms with Crippen LogP contribution >= 0.6 is 23.2 Å². The van der Waals surface area contributed by atoms with Crippen molar-refractivity contribution in [2.24, 2.45) is 0 Å². The van der Waals surface area contributed by atoms with Crippen LogP contribution in [0.25, 0.3) is 0 Å². The fourth-order valence-electron chi connectivity index (χ4n) is 1.60. The van der Waals surface area contributed by atoms with Gasteiger partial charge < -0.3 is 4.74 Å². The summed E-state index contributed by atoms with van der Waals surface area (Å²) in [6.45, 7) is 0. The lowest BCUT2D eigenvalue weighted by molar-refractivity contribution is -0.137. The van der Waals surface area contributed by atoms with E-state index in [9.17, 15) is 13.2 Å². The number of nitrogens with zero attached hydrogens (tertiary/aromatic N) is 1. The Bertz CT molecular complexity index is 723. The van der Waals surface area contributed by atoms with Crippen molar-refractivity contribution < 1.29 is 17.9 Å². The molecular weight excluding hydrogens is 326 g/mol. The van der Waals surface area contributed by atoms with Crippen molar-refractivity contribution >= 4 is 23.2 Å². The van der Waals surface area contributed by atoms with E-state index in [4.69, 9.17) is 33.2 Å². The topological polar surface area (TPSA) is 33.0 Å². The summed E-state index contributed by atoms with van der Waals surface area (Å²) >= 11 is 11.5. The summed E-state index contributed by atoms with van der Waals surface area (Å²) in [5, 5.41) is 9.23. The zero-order chi connectivity index (χ0) is 15.6. The highest BCUT2D eigenvalue weighted by atomic mass is 35.5. The molecule has 0 aliphatic carbocycles.